The van der Waals surface area contributed by atoms with Gasteiger partial charge >= 0.3 is 0 Å². The maximum atomic E-state index is 11.9. The molecule has 1 amide bonds. The summed E-state index contributed by atoms with van der Waals surface area (Å²) in [6, 6.07) is 5.75. The Kier molecular flexibility index (Phi) is 6.17. The van der Waals surface area contributed by atoms with Gasteiger partial charge in [-0.1, -0.05) is 20.8 Å². The largest absolute Gasteiger partial charge is 0.373 e. The minimum atomic E-state index is -3.47. The summed E-state index contributed by atoms with van der Waals surface area (Å²) in [6.45, 7) is 6.07. The molecule has 0 aliphatic rings. The molecule has 21 heavy (non-hydrogen) atoms. The monoisotopic (exact) mass is 313 g/mol. The number of carbonyl (C=O) groups excluding carboxylic acids is 1. The summed E-state index contributed by atoms with van der Waals surface area (Å²) in [5.74, 6) is -0.400. The average molecular weight is 313 g/mol. The van der Waals surface area contributed by atoms with Crippen molar-refractivity contribution in [1.82, 2.24) is 4.72 Å². The van der Waals surface area contributed by atoms with Gasteiger partial charge in [0.15, 0.2) is 0 Å². The molecule has 0 heterocycles. The molecule has 0 saturated carbocycles. The molecule has 1 aromatic carbocycles. The Morgan fingerprint density at radius 2 is 1.81 bits per heavy atom. The van der Waals surface area contributed by atoms with Crippen LogP contribution in [0.1, 0.15) is 27.2 Å². The number of amides is 1. The van der Waals surface area contributed by atoms with Crippen LogP contribution in [0.25, 0.3) is 0 Å². The summed E-state index contributed by atoms with van der Waals surface area (Å²) < 4.78 is 26.4. The molecule has 0 spiro atoms. The number of hydrogen-bond donors (Lipinski definition) is 3. The zero-order valence-electron chi connectivity index (χ0n) is 12.6. The van der Waals surface area contributed by atoms with Gasteiger partial charge in [-0.15, -0.1) is 0 Å². The van der Waals surface area contributed by atoms with E-state index in [1.807, 2.05) is 20.8 Å². The van der Waals surface area contributed by atoms with Crippen molar-refractivity contribution < 1.29 is 13.2 Å². The van der Waals surface area contributed by atoms with Gasteiger partial charge in [0.25, 0.3) is 0 Å². The summed E-state index contributed by atoms with van der Waals surface area (Å²) in [7, 11) is -3.47. The first-order valence-electron chi connectivity index (χ1n) is 6.93. The standard InChI is InChI=1S/C14H23N3O3S/c1-4-9-16-21(19,20)12-7-5-11(6-8-12)17-13(10(2)3)14(15)18/h5-8,10,13,16-17H,4,9H2,1-3H3,(H2,15,18). The van der Waals surface area contributed by atoms with Gasteiger partial charge in [0, 0.05) is 12.2 Å². The van der Waals surface area contributed by atoms with E-state index >= 15 is 0 Å². The Morgan fingerprint density at radius 3 is 2.24 bits per heavy atom. The molecule has 4 N–H and O–H groups in total. The molecular weight excluding hydrogens is 290 g/mol. The molecule has 7 heteroatoms. The quantitative estimate of drug-likeness (QED) is 0.673. The molecule has 118 valence electrons. The SMILES string of the molecule is CCCNS(=O)(=O)c1ccc(NC(C(N)=O)C(C)C)cc1. The maximum Gasteiger partial charge on any atom is 0.240 e. The number of nitrogens with one attached hydrogen (secondary N) is 2. The fourth-order valence-electron chi connectivity index (χ4n) is 1.80. The highest BCUT2D eigenvalue weighted by Crippen LogP contribution is 2.16. The lowest BCUT2D eigenvalue weighted by molar-refractivity contribution is -0.119. The topological polar surface area (TPSA) is 101 Å². The first-order chi connectivity index (χ1) is 9.77. The molecule has 0 radical (unpaired) electrons. The number of sulfonamides is 1. The van der Waals surface area contributed by atoms with Crippen LogP contribution in [0.4, 0.5) is 5.69 Å². The molecule has 0 bridgehead atoms. The normalized spacial score (nSPS) is 13.1. The van der Waals surface area contributed by atoms with Crippen molar-refractivity contribution in [3.05, 3.63) is 24.3 Å². The van der Waals surface area contributed by atoms with Crippen LogP contribution in [0.15, 0.2) is 29.2 Å². The van der Waals surface area contributed by atoms with Crippen LogP contribution in [-0.4, -0.2) is 26.9 Å². The maximum absolute atomic E-state index is 11.9. The Morgan fingerprint density at radius 1 is 1.24 bits per heavy atom. The molecular formula is C14H23N3O3S. The molecule has 6 nitrogen and oxygen atoms in total. The Balaban J connectivity index is 2.85. The highest BCUT2D eigenvalue weighted by atomic mass is 32.2. The number of primary amides is 1. The molecule has 0 saturated heterocycles. The predicted molar refractivity (Wildman–Crippen MR) is 83.4 cm³/mol. The number of rotatable bonds is 8. The minimum Gasteiger partial charge on any atom is -0.373 e. The van der Waals surface area contributed by atoms with Crippen molar-refractivity contribution in [2.75, 3.05) is 11.9 Å². The van der Waals surface area contributed by atoms with Crippen molar-refractivity contribution in [2.24, 2.45) is 11.7 Å². The fraction of sp³-hybridized carbons (Fsp3) is 0.500. The number of anilines is 1. The van der Waals surface area contributed by atoms with E-state index in [9.17, 15) is 13.2 Å². The van der Waals surface area contributed by atoms with Crippen LogP contribution in [0.2, 0.25) is 0 Å². The number of hydrogen-bond acceptors (Lipinski definition) is 4. The first kappa shape index (κ1) is 17.5. The second-order valence-electron chi connectivity index (χ2n) is 5.19. The number of benzene rings is 1. The van der Waals surface area contributed by atoms with E-state index < -0.39 is 22.0 Å². The predicted octanol–water partition coefficient (Wildman–Crippen LogP) is 1.30. The Hall–Kier alpha value is -1.60. The fourth-order valence-corrected chi connectivity index (χ4v) is 2.93. The van der Waals surface area contributed by atoms with Gasteiger partial charge in [0.2, 0.25) is 15.9 Å². The molecule has 1 aromatic rings. The molecule has 1 rings (SSSR count). The third-order valence-electron chi connectivity index (χ3n) is 3.00. The van der Waals surface area contributed by atoms with Crippen molar-refractivity contribution in [3.8, 4) is 0 Å². The number of carbonyl (C=O) groups is 1. The highest BCUT2D eigenvalue weighted by molar-refractivity contribution is 7.89. The van der Waals surface area contributed by atoms with Crippen LogP contribution >= 0.6 is 0 Å². The third kappa shape index (κ3) is 5.02. The van der Waals surface area contributed by atoms with E-state index in [1.54, 1.807) is 12.1 Å². The van der Waals surface area contributed by atoms with E-state index in [4.69, 9.17) is 5.73 Å². The first-order valence-corrected chi connectivity index (χ1v) is 8.41. The van der Waals surface area contributed by atoms with Gasteiger partial charge in [-0.25, -0.2) is 13.1 Å². The van der Waals surface area contributed by atoms with Crippen molar-refractivity contribution >= 4 is 21.6 Å². The van der Waals surface area contributed by atoms with E-state index in [0.29, 0.717) is 12.2 Å². The zero-order valence-corrected chi connectivity index (χ0v) is 13.4. The minimum absolute atomic E-state index is 0.0390. The van der Waals surface area contributed by atoms with Crippen LogP contribution in [-0.2, 0) is 14.8 Å². The van der Waals surface area contributed by atoms with Gasteiger partial charge in [-0.05, 0) is 36.6 Å². The Labute approximate surface area is 126 Å². The van der Waals surface area contributed by atoms with Gasteiger partial charge < -0.3 is 11.1 Å². The smallest absolute Gasteiger partial charge is 0.240 e. The lowest BCUT2D eigenvalue weighted by Crippen LogP contribution is -2.39. The molecule has 1 unspecified atom stereocenters. The van der Waals surface area contributed by atoms with Gasteiger partial charge in [0.05, 0.1) is 4.90 Å². The molecule has 0 fully saturated rings. The van der Waals surface area contributed by atoms with E-state index in [-0.39, 0.29) is 10.8 Å². The summed E-state index contributed by atoms with van der Waals surface area (Å²) in [4.78, 5) is 11.5. The summed E-state index contributed by atoms with van der Waals surface area (Å²) in [5, 5.41) is 3.01. The van der Waals surface area contributed by atoms with Gasteiger partial charge in [-0.2, -0.15) is 0 Å². The average Bonchev–Trinajstić information content (AvgIpc) is 2.42. The van der Waals surface area contributed by atoms with Crippen LogP contribution in [0.3, 0.4) is 0 Å². The van der Waals surface area contributed by atoms with Crippen molar-refractivity contribution in [1.29, 1.82) is 0 Å². The molecule has 0 aliphatic heterocycles. The van der Waals surface area contributed by atoms with Crippen LogP contribution in [0, 0.1) is 5.92 Å². The third-order valence-corrected chi connectivity index (χ3v) is 4.48. The zero-order chi connectivity index (χ0) is 16.0. The Bertz CT molecular complexity index is 568. The van der Waals surface area contributed by atoms with Crippen LogP contribution in [0.5, 0.6) is 0 Å². The van der Waals surface area contributed by atoms with E-state index in [1.165, 1.54) is 12.1 Å². The van der Waals surface area contributed by atoms with Crippen LogP contribution < -0.4 is 15.8 Å². The lowest BCUT2D eigenvalue weighted by Gasteiger charge is -2.20. The number of nitrogens with two attached hydrogens (primary N) is 1. The lowest BCUT2D eigenvalue weighted by atomic mass is 10.0. The van der Waals surface area contributed by atoms with E-state index in [0.717, 1.165) is 6.42 Å². The highest BCUT2D eigenvalue weighted by Gasteiger charge is 2.19. The molecule has 0 aromatic heterocycles. The summed E-state index contributed by atoms with van der Waals surface area (Å²) >= 11 is 0. The second-order valence-corrected chi connectivity index (χ2v) is 6.96. The van der Waals surface area contributed by atoms with Crippen molar-refractivity contribution in [3.63, 3.8) is 0 Å². The molecule has 1 atom stereocenters. The van der Waals surface area contributed by atoms with Gasteiger partial charge in [-0.3, -0.25) is 4.79 Å². The van der Waals surface area contributed by atoms with E-state index in [2.05, 4.69) is 10.0 Å². The van der Waals surface area contributed by atoms with Gasteiger partial charge in [0.1, 0.15) is 6.04 Å². The summed E-state index contributed by atoms with van der Waals surface area (Å²) in [6.07, 6.45) is 0.730. The van der Waals surface area contributed by atoms with Crippen molar-refractivity contribution in [2.45, 2.75) is 38.1 Å². The second kappa shape index (κ2) is 7.42. The summed E-state index contributed by atoms with van der Waals surface area (Å²) in [5.41, 5.74) is 5.99. The molecule has 0 aliphatic carbocycles.